The van der Waals surface area contributed by atoms with Crippen LogP contribution in [0.15, 0.2) is 12.3 Å². The van der Waals surface area contributed by atoms with E-state index >= 15 is 0 Å². The van der Waals surface area contributed by atoms with E-state index in [-0.39, 0.29) is 13.2 Å². The van der Waals surface area contributed by atoms with Crippen molar-refractivity contribution in [3.63, 3.8) is 0 Å². The SMILES string of the molecule is CCOP(=O)(OCC)c1ccnc(F)c1F. The second kappa shape index (κ2) is 5.48. The summed E-state index contributed by atoms with van der Waals surface area (Å²) < 4.78 is 48.1. The van der Waals surface area contributed by atoms with Gasteiger partial charge in [-0.15, -0.1) is 0 Å². The number of hydrogen-bond donors (Lipinski definition) is 0. The van der Waals surface area contributed by atoms with E-state index in [0.29, 0.717) is 0 Å². The van der Waals surface area contributed by atoms with Gasteiger partial charge in [0, 0.05) is 6.20 Å². The van der Waals surface area contributed by atoms with E-state index in [1.807, 2.05) is 0 Å². The zero-order chi connectivity index (χ0) is 12.2. The van der Waals surface area contributed by atoms with Crippen LogP contribution in [0.2, 0.25) is 0 Å². The van der Waals surface area contributed by atoms with Gasteiger partial charge in [0.25, 0.3) is 0 Å². The summed E-state index contributed by atoms with van der Waals surface area (Å²) in [7, 11) is -3.79. The highest BCUT2D eigenvalue weighted by Crippen LogP contribution is 2.47. The maximum Gasteiger partial charge on any atom is 0.364 e. The molecule has 0 saturated heterocycles. The van der Waals surface area contributed by atoms with Crippen LogP contribution in [0.1, 0.15) is 13.8 Å². The van der Waals surface area contributed by atoms with E-state index in [4.69, 9.17) is 9.05 Å². The molecule has 0 radical (unpaired) electrons. The molecule has 0 amide bonds. The van der Waals surface area contributed by atoms with Crippen molar-refractivity contribution in [3.05, 3.63) is 24.0 Å². The summed E-state index contributed by atoms with van der Waals surface area (Å²) in [6.45, 7) is 3.31. The molecule has 4 nitrogen and oxygen atoms in total. The Morgan fingerprint density at radius 1 is 1.31 bits per heavy atom. The lowest BCUT2D eigenvalue weighted by molar-refractivity contribution is 0.229. The molecule has 0 N–H and O–H groups in total. The Bertz CT molecular complexity index is 404. The second-order valence-electron chi connectivity index (χ2n) is 2.77. The van der Waals surface area contributed by atoms with E-state index in [0.717, 1.165) is 12.3 Å². The molecule has 0 aliphatic carbocycles. The molecular weight excluding hydrogens is 239 g/mol. The average Bonchev–Trinajstić information content (AvgIpc) is 2.22. The van der Waals surface area contributed by atoms with Crippen LogP contribution in [0.3, 0.4) is 0 Å². The first-order valence-corrected chi connectivity index (χ1v) is 6.29. The van der Waals surface area contributed by atoms with Crippen LogP contribution in [-0.4, -0.2) is 18.2 Å². The van der Waals surface area contributed by atoms with Crippen molar-refractivity contribution >= 4 is 12.9 Å². The highest BCUT2D eigenvalue weighted by molar-refractivity contribution is 7.62. The Morgan fingerprint density at radius 3 is 2.38 bits per heavy atom. The van der Waals surface area contributed by atoms with Gasteiger partial charge in [-0.1, -0.05) is 0 Å². The Labute approximate surface area is 92.1 Å². The van der Waals surface area contributed by atoms with Crippen LogP contribution in [0.25, 0.3) is 0 Å². The Morgan fingerprint density at radius 2 is 1.88 bits per heavy atom. The lowest BCUT2D eigenvalue weighted by Crippen LogP contribution is -2.17. The van der Waals surface area contributed by atoms with Gasteiger partial charge in [-0.2, -0.15) is 4.39 Å². The molecule has 90 valence electrons. The molecule has 0 bridgehead atoms. The summed E-state index contributed by atoms with van der Waals surface area (Å²) in [5.41, 5.74) is 0. The fourth-order valence-electron chi connectivity index (χ4n) is 1.14. The normalized spacial score (nSPS) is 11.8. The van der Waals surface area contributed by atoms with Crippen molar-refractivity contribution in [3.8, 4) is 0 Å². The molecule has 1 rings (SSSR count). The van der Waals surface area contributed by atoms with Crippen molar-refractivity contribution in [1.29, 1.82) is 0 Å². The number of aromatic nitrogens is 1. The van der Waals surface area contributed by atoms with Crippen molar-refractivity contribution in [1.82, 2.24) is 4.98 Å². The zero-order valence-electron chi connectivity index (χ0n) is 8.94. The number of rotatable bonds is 5. The zero-order valence-corrected chi connectivity index (χ0v) is 9.84. The van der Waals surface area contributed by atoms with Crippen LogP contribution >= 0.6 is 7.60 Å². The lowest BCUT2D eigenvalue weighted by atomic mass is 10.5. The molecule has 0 unspecified atom stereocenters. The molecular formula is C9H12F2NO3P. The molecule has 0 aromatic carbocycles. The monoisotopic (exact) mass is 251 g/mol. The average molecular weight is 251 g/mol. The summed E-state index contributed by atoms with van der Waals surface area (Å²) in [6.07, 6.45) is 1.01. The van der Waals surface area contributed by atoms with Gasteiger partial charge < -0.3 is 9.05 Å². The third-order valence-electron chi connectivity index (χ3n) is 1.72. The number of nitrogens with zero attached hydrogens (tertiary/aromatic N) is 1. The number of halogens is 2. The predicted octanol–water partition coefficient (Wildman–Crippen LogP) is 2.25. The van der Waals surface area contributed by atoms with Crippen LogP contribution < -0.4 is 5.30 Å². The van der Waals surface area contributed by atoms with Gasteiger partial charge in [-0.05, 0) is 19.9 Å². The Balaban J connectivity index is 3.21. The maximum atomic E-state index is 13.4. The summed E-state index contributed by atoms with van der Waals surface area (Å²) >= 11 is 0. The van der Waals surface area contributed by atoms with Crippen LogP contribution in [0.5, 0.6) is 0 Å². The van der Waals surface area contributed by atoms with Crippen molar-refractivity contribution in [2.24, 2.45) is 0 Å². The fourth-order valence-corrected chi connectivity index (χ4v) is 2.75. The third-order valence-corrected chi connectivity index (χ3v) is 3.85. The Hall–Kier alpha value is -0.840. The fraction of sp³-hybridized carbons (Fsp3) is 0.444. The maximum absolute atomic E-state index is 13.4. The van der Waals surface area contributed by atoms with Crippen LogP contribution in [-0.2, 0) is 13.6 Å². The largest absolute Gasteiger partial charge is 0.364 e. The van der Waals surface area contributed by atoms with Gasteiger partial charge >= 0.3 is 7.60 Å². The molecule has 0 spiro atoms. The predicted molar refractivity (Wildman–Crippen MR) is 54.6 cm³/mol. The molecule has 7 heteroatoms. The summed E-state index contributed by atoms with van der Waals surface area (Å²) in [4.78, 5) is 3.10. The molecule has 0 saturated carbocycles. The van der Waals surface area contributed by atoms with Gasteiger partial charge in [0.2, 0.25) is 5.95 Å². The van der Waals surface area contributed by atoms with Gasteiger partial charge in [0.1, 0.15) is 5.30 Å². The third kappa shape index (κ3) is 2.64. The summed E-state index contributed by atoms with van der Waals surface area (Å²) in [5.74, 6) is -2.62. The van der Waals surface area contributed by atoms with E-state index in [1.165, 1.54) is 0 Å². The lowest BCUT2D eigenvalue weighted by Gasteiger charge is -2.17. The minimum Gasteiger partial charge on any atom is -0.305 e. The molecule has 1 aromatic rings. The molecule has 0 aliphatic heterocycles. The molecule has 0 atom stereocenters. The minimum absolute atomic E-state index is 0.0701. The molecule has 1 aromatic heterocycles. The minimum atomic E-state index is -3.79. The van der Waals surface area contributed by atoms with Gasteiger partial charge in [0.05, 0.1) is 13.2 Å². The van der Waals surface area contributed by atoms with E-state index in [1.54, 1.807) is 13.8 Å². The first-order chi connectivity index (χ1) is 7.55. The quantitative estimate of drug-likeness (QED) is 0.595. The molecule has 1 heterocycles. The van der Waals surface area contributed by atoms with Crippen molar-refractivity contribution in [2.75, 3.05) is 13.2 Å². The molecule has 0 fully saturated rings. The summed E-state index contributed by atoms with van der Waals surface area (Å²) in [5, 5.41) is -0.427. The second-order valence-corrected chi connectivity index (χ2v) is 4.76. The molecule has 0 aliphatic rings. The van der Waals surface area contributed by atoms with Crippen LogP contribution in [0.4, 0.5) is 8.78 Å². The number of hydrogen-bond acceptors (Lipinski definition) is 4. The first-order valence-electron chi connectivity index (χ1n) is 4.74. The first kappa shape index (κ1) is 13.2. The highest BCUT2D eigenvalue weighted by atomic mass is 31.2. The van der Waals surface area contributed by atoms with Crippen molar-refractivity contribution < 1.29 is 22.4 Å². The van der Waals surface area contributed by atoms with Crippen LogP contribution in [0, 0.1) is 11.8 Å². The molecule has 16 heavy (non-hydrogen) atoms. The standard InChI is InChI=1S/C9H12F2NO3P/c1-3-14-16(13,15-4-2)7-5-6-12-9(11)8(7)10/h5-6H,3-4H2,1-2H3. The smallest absolute Gasteiger partial charge is 0.305 e. The van der Waals surface area contributed by atoms with Crippen molar-refractivity contribution in [2.45, 2.75) is 13.8 Å². The Kier molecular flexibility index (Phi) is 4.53. The van der Waals surface area contributed by atoms with Gasteiger partial charge in [-0.3, -0.25) is 4.57 Å². The summed E-state index contributed by atoms with van der Waals surface area (Å²) in [6, 6.07) is 1.09. The van der Waals surface area contributed by atoms with E-state index < -0.39 is 24.7 Å². The topological polar surface area (TPSA) is 48.4 Å². The van der Waals surface area contributed by atoms with Gasteiger partial charge in [-0.25, -0.2) is 9.37 Å². The highest BCUT2D eigenvalue weighted by Gasteiger charge is 2.31. The van der Waals surface area contributed by atoms with Gasteiger partial charge in [0.15, 0.2) is 5.82 Å². The number of pyridine rings is 1. The van der Waals surface area contributed by atoms with E-state index in [9.17, 15) is 13.3 Å². The van der Waals surface area contributed by atoms with E-state index in [2.05, 4.69) is 4.98 Å².